The average molecular weight is 520 g/mol. The highest BCUT2D eigenvalue weighted by Crippen LogP contribution is 2.33. The average Bonchev–Trinajstić information content (AvgIpc) is 3.49. The fourth-order valence-corrected chi connectivity index (χ4v) is 6.17. The van der Waals surface area contributed by atoms with Gasteiger partial charge in [-0.3, -0.25) is 10.2 Å². The van der Waals surface area contributed by atoms with Gasteiger partial charge in [-0.1, -0.05) is 31.9 Å². The third kappa shape index (κ3) is 6.23. The second-order valence-electron chi connectivity index (χ2n) is 10.9. The first kappa shape index (κ1) is 26.3. The number of carbonyl (C=O) groups excluding carboxylic acids is 1. The maximum Gasteiger partial charge on any atom is 0.247 e. The van der Waals surface area contributed by atoms with Crippen molar-refractivity contribution < 1.29 is 4.79 Å². The van der Waals surface area contributed by atoms with Gasteiger partial charge in [0.25, 0.3) is 0 Å². The minimum Gasteiger partial charge on any atom is -0.382 e. The number of nitrogens with two attached hydrogens (primary N) is 1. The predicted octanol–water partition coefficient (Wildman–Crippen LogP) is 3.52. The number of nitrogen functional groups attached to an aromatic ring is 1. The summed E-state index contributed by atoms with van der Waals surface area (Å²) < 4.78 is 0. The second kappa shape index (κ2) is 12.1. The van der Waals surface area contributed by atoms with Crippen LogP contribution in [0.15, 0.2) is 24.3 Å². The van der Waals surface area contributed by atoms with E-state index in [1.54, 1.807) is 0 Å². The molecule has 1 aromatic carbocycles. The van der Waals surface area contributed by atoms with Gasteiger partial charge in [0.2, 0.25) is 11.9 Å². The van der Waals surface area contributed by atoms with Crippen molar-refractivity contribution in [3.05, 3.63) is 35.5 Å². The first-order chi connectivity index (χ1) is 18.5. The Morgan fingerprint density at radius 2 is 1.76 bits per heavy atom. The van der Waals surface area contributed by atoms with Crippen LogP contribution >= 0.6 is 0 Å². The van der Waals surface area contributed by atoms with Crippen LogP contribution in [0, 0.1) is 5.41 Å². The van der Waals surface area contributed by atoms with Crippen molar-refractivity contribution in [3.8, 4) is 0 Å². The van der Waals surface area contributed by atoms with Crippen LogP contribution in [0.5, 0.6) is 0 Å². The van der Waals surface area contributed by atoms with Crippen molar-refractivity contribution in [2.24, 2.45) is 5.73 Å². The Morgan fingerprint density at radius 3 is 2.45 bits per heavy atom. The van der Waals surface area contributed by atoms with Crippen LogP contribution in [0.3, 0.4) is 0 Å². The Morgan fingerprint density at radius 1 is 1.03 bits per heavy atom. The summed E-state index contributed by atoms with van der Waals surface area (Å²) in [6.45, 7) is 5.67. The number of amides is 1. The standard InChI is InChI=1S/C28H41N9O/c1-2-24(38)31-22-6-5-15-37(18-22)28-33-27(25(26(29)30)34-35-28)32-21-11-9-19(10-12-21)20-13-16-36(17-14-20)23-7-3-4-8-23/h9-12,20,22-23H,2-8,13-18H2,1H3,(H3,29,30)(H,31,38)(H,32,33,35)/t22-/m1/s1. The van der Waals surface area contributed by atoms with Crippen LogP contribution in [0.4, 0.5) is 17.5 Å². The predicted molar refractivity (Wildman–Crippen MR) is 150 cm³/mol. The lowest BCUT2D eigenvalue weighted by molar-refractivity contribution is -0.121. The van der Waals surface area contributed by atoms with Crippen molar-refractivity contribution >= 4 is 29.2 Å². The van der Waals surface area contributed by atoms with Gasteiger partial charge in [0.1, 0.15) is 5.84 Å². The van der Waals surface area contributed by atoms with E-state index in [1.165, 1.54) is 57.2 Å². The topological polar surface area (TPSA) is 136 Å². The summed E-state index contributed by atoms with van der Waals surface area (Å²) >= 11 is 0. The molecule has 0 unspecified atom stereocenters. The normalized spacial score (nSPS) is 21.4. The third-order valence-corrected chi connectivity index (χ3v) is 8.34. The van der Waals surface area contributed by atoms with Crippen LogP contribution in [0.25, 0.3) is 0 Å². The van der Waals surface area contributed by atoms with E-state index in [4.69, 9.17) is 16.1 Å². The molecule has 0 radical (unpaired) electrons. The molecule has 10 nitrogen and oxygen atoms in total. The van der Waals surface area contributed by atoms with Crippen LogP contribution in [-0.2, 0) is 4.79 Å². The molecule has 3 aliphatic rings. The van der Waals surface area contributed by atoms with Gasteiger partial charge in [-0.2, -0.15) is 4.98 Å². The number of anilines is 3. The molecule has 38 heavy (non-hydrogen) atoms. The van der Waals surface area contributed by atoms with Gasteiger partial charge in [-0.15, -0.1) is 10.2 Å². The summed E-state index contributed by atoms with van der Waals surface area (Å²) in [6.07, 6.45) is 10.3. The summed E-state index contributed by atoms with van der Waals surface area (Å²) in [5, 5.41) is 22.8. The lowest BCUT2D eigenvalue weighted by atomic mass is 9.88. The molecule has 1 aliphatic carbocycles. The van der Waals surface area contributed by atoms with Crippen molar-refractivity contribution in [1.29, 1.82) is 5.41 Å². The Bertz CT molecular complexity index is 1110. The number of rotatable bonds is 8. The van der Waals surface area contributed by atoms with Gasteiger partial charge in [0.15, 0.2) is 11.5 Å². The summed E-state index contributed by atoms with van der Waals surface area (Å²) in [5.74, 6) is 1.35. The highest BCUT2D eigenvalue weighted by atomic mass is 16.1. The number of benzene rings is 1. The van der Waals surface area contributed by atoms with Crippen molar-refractivity contribution in [3.63, 3.8) is 0 Å². The monoisotopic (exact) mass is 519 g/mol. The fraction of sp³-hybridized carbons (Fsp3) is 0.607. The van der Waals surface area contributed by atoms with Gasteiger partial charge in [0.05, 0.1) is 0 Å². The molecule has 3 fully saturated rings. The smallest absolute Gasteiger partial charge is 0.247 e. The molecule has 1 atom stereocenters. The minimum atomic E-state index is -0.184. The Hall–Kier alpha value is -3.27. The zero-order valence-corrected chi connectivity index (χ0v) is 22.5. The van der Waals surface area contributed by atoms with E-state index in [1.807, 2.05) is 11.8 Å². The lowest BCUT2D eigenvalue weighted by Gasteiger charge is -2.36. The molecular weight excluding hydrogens is 478 g/mol. The van der Waals surface area contributed by atoms with Crippen molar-refractivity contribution in [2.75, 3.05) is 36.4 Å². The first-order valence-electron chi connectivity index (χ1n) is 14.2. The fourth-order valence-electron chi connectivity index (χ4n) is 6.17. The summed E-state index contributed by atoms with van der Waals surface area (Å²) in [6, 6.07) is 9.42. The van der Waals surface area contributed by atoms with E-state index >= 15 is 0 Å². The maximum absolute atomic E-state index is 11.9. The van der Waals surface area contributed by atoms with Crippen LogP contribution < -0.4 is 21.3 Å². The number of hydrogen-bond donors (Lipinski definition) is 4. The van der Waals surface area contributed by atoms with Gasteiger partial charge in [0, 0.05) is 37.3 Å². The van der Waals surface area contributed by atoms with Gasteiger partial charge in [-0.05, 0) is 75.2 Å². The highest BCUT2D eigenvalue weighted by Gasteiger charge is 2.28. The van der Waals surface area contributed by atoms with Gasteiger partial charge < -0.3 is 26.2 Å². The van der Waals surface area contributed by atoms with Crippen LogP contribution in [-0.4, -0.2) is 70.1 Å². The van der Waals surface area contributed by atoms with E-state index in [0.29, 0.717) is 30.6 Å². The van der Waals surface area contributed by atoms with Crippen LogP contribution in [0.2, 0.25) is 0 Å². The van der Waals surface area contributed by atoms with E-state index in [9.17, 15) is 4.79 Å². The Labute approximate surface area is 225 Å². The second-order valence-corrected chi connectivity index (χ2v) is 10.9. The summed E-state index contributed by atoms with van der Waals surface area (Å²) in [7, 11) is 0. The number of nitrogens with zero attached hydrogens (tertiary/aromatic N) is 5. The molecule has 10 heteroatoms. The molecule has 2 aromatic rings. The molecule has 204 valence electrons. The number of carbonyl (C=O) groups is 1. The van der Waals surface area contributed by atoms with Gasteiger partial charge >= 0.3 is 0 Å². The van der Waals surface area contributed by atoms with E-state index in [0.717, 1.165) is 31.1 Å². The molecule has 0 bridgehead atoms. The molecule has 5 N–H and O–H groups in total. The number of hydrogen-bond acceptors (Lipinski definition) is 8. The lowest BCUT2D eigenvalue weighted by Crippen LogP contribution is -2.48. The highest BCUT2D eigenvalue weighted by molar-refractivity contribution is 5.98. The molecule has 2 saturated heterocycles. The molecule has 3 heterocycles. The number of likely N-dealkylation sites (tertiary alicyclic amines) is 1. The van der Waals surface area contributed by atoms with E-state index < -0.39 is 0 Å². The minimum absolute atomic E-state index is 0.0491. The Balaban J connectivity index is 1.24. The van der Waals surface area contributed by atoms with E-state index in [2.05, 4.69) is 50.0 Å². The van der Waals surface area contributed by atoms with E-state index in [-0.39, 0.29) is 23.5 Å². The molecule has 2 aliphatic heterocycles. The number of aromatic nitrogens is 3. The van der Waals surface area contributed by atoms with Gasteiger partial charge in [-0.25, -0.2) is 0 Å². The molecule has 1 amide bonds. The SMILES string of the molecule is CCC(=O)N[C@@H]1CCCN(c2nnc(C(=N)N)c(Nc3ccc(C4CCN(C5CCCC5)CC4)cc3)n2)C1. The molecule has 1 saturated carbocycles. The van der Waals surface area contributed by atoms with Crippen LogP contribution in [0.1, 0.15) is 81.9 Å². The zero-order chi connectivity index (χ0) is 26.5. The molecule has 5 rings (SSSR count). The largest absolute Gasteiger partial charge is 0.382 e. The Kier molecular flexibility index (Phi) is 8.36. The van der Waals surface area contributed by atoms with Crippen molar-refractivity contribution in [1.82, 2.24) is 25.4 Å². The quantitative estimate of drug-likeness (QED) is 0.307. The maximum atomic E-state index is 11.9. The molecule has 1 aromatic heterocycles. The molecular formula is C28H41N9O. The summed E-state index contributed by atoms with van der Waals surface area (Å²) in [4.78, 5) is 21.3. The van der Waals surface area contributed by atoms with Crippen molar-refractivity contribution in [2.45, 2.75) is 82.7 Å². The third-order valence-electron chi connectivity index (χ3n) is 8.34. The number of nitrogens with one attached hydrogen (secondary N) is 3. The first-order valence-corrected chi connectivity index (χ1v) is 14.2. The number of piperidine rings is 2. The zero-order valence-electron chi connectivity index (χ0n) is 22.5. The summed E-state index contributed by atoms with van der Waals surface area (Å²) in [5.41, 5.74) is 8.28. The molecule has 0 spiro atoms. The number of amidine groups is 1.